The number of nitrogens with zero attached hydrogens (tertiary/aromatic N) is 1. The van der Waals surface area contributed by atoms with Crippen LogP contribution in [-0.2, 0) is 0 Å². The van der Waals surface area contributed by atoms with E-state index in [2.05, 4.69) is 38.1 Å². The molecule has 1 unspecified atom stereocenters. The van der Waals surface area contributed by atoms with Crippen molar-refractivity contribution in [2.24, 2.45) is 5.73 Å². The number of hydrogen-bond acceptors (Lipinski definition) is 3. The molecule has 0 saturated heterocycles. The minimum Gasteiger partial charge on any atom is -0.494 e. The van der Waals surface area contributed by atoms with Gasteiger partial charge < -0.3 is 15.4 Å². The van der Waals surface area contributed by atoms with E-state index in [9.17, 15) is 0 Å². The summed E-state index contributed by atoms with van der Waals surface area (Å²) in [5.74, 6) is 0.927. The lowest BCUT2D eigenvalue weighted by Crippen LogP contribution is -2.15. The molecule has 0 fully saturated rings. The van der Waals surface area contributed by atoms with Gasteiger partial charge in [0.15, 0.2) is 0 Å². The van der Waals surface area contributed by atoms with Crippen LogP contribution in [-0.4, -0.2) is 32.1 Å². The molecule has 0 aliphatic rings. The molecule has 0 aromatic heterocycles. The molecule has 0 spiro atoms. The lowest BCUT2D eigenvalue weighted by Gasteiger charge is -2.12. The molecule has 0 amide bonds. The first-order chi connectivity index (χ1) is 8.13. The van der Waals surface area contributed by atoms with Crippen molar-refractivity contribution in [1.82, 2.24) is 4.90 Å². The Kier molecular flexibility index (Phi) is 6.01. The second-order valence-corrected chi connectivity index (χ2v) is 4.59. The van der Waals surface area contributed by atoms with Crippen LogP contribution in [0.25, 0.3) is 0 Å². The normalized spacial score (nSPS) is 12.8. The van der Waals surface area contributed by atoms with E-state index in [1.807, 2.05) is 12.1 Å². The largest absolute Gasteiger partial charge is 0.494 e. The Labute approximate surface area is 105 Å². The highest BCUT2D eigenvalue weighted by atomic mass is 16.5. The molecule has 0 heterocycles. The van der Waals surface area contributed by atoms with E-state index in [0.29, 0.717) is 0 Å². The second-order valence-electron chi connectivity index (χ2n) is 4.59. The molecule has 1 aromatic rings. The van der Waals surface area contributed by atoms with Gasteiger partial charge in [-0.2, -0.15) is 0 Å². The van der Waals surface area contributed by atoms with Gasteiger partial charge in [-0.25, -0.2) is 0 Å². The van der Waals surface area contributed by atoms with Crippen LogP contribution in [0.1, 0.15) is 31.4 Å². The van der Waals surface area contributed by atoms with Gasteiger partial charge in [0, 0.05) is 12.6 Å². The molecule has 0 radical (unpaired) electrons. The molecule has 2 N–H and O–H groups in total. The third-order valence-electron chi connectivity index (χ3n) is 2.77. The predicted octanol–water partition coefficient (Wildman–Crippen LogP) is 2.43. The third-order valence-corrected chi connectivity index (χ3v) is 2.77. The Morgan fingerprint density at radius 3 is 2.41 bits per heavy atom. The maximum atomic E-state index is 5.95. The summed E-state index contributed by atoms with van der Waals surface area (Å²) in [4.78, 5) is 2.16. The van der Waals surface area contributed by atoms with E-state index >= 15 is 0 Å². The third kappa shape index (κ3) is 5.20. The van der Waals surface area contributed by atoms with Gasteiger partial charge in [-0.3, -0.25) is 0 Å². The van der Waals surface area contributed by atoms with Gasteiger partial charge in [0.05, 0.1) is 6.61 Å². The Bertz CT molecular complexity index is 309. The van der Waals surface area contributed by atoms with Crippen LogP contribution < -0.4 is 10.5 Å². The minimum absolute atomic E-state index is 0.137. The molecule has 17 heavy (non-hydrogen) atoms. The Morgan fingerprint density at radius 2 is 1.88 bits per heavy atom. The lowest BCUT2D eigenvalue weighted by atomic mass is 10.1. The highest BCUT2D eigenvalue weighted by Crippen LogP contribution is 2.18. The molecule has 0 aliphatic heterocycles. The summed E-state index contributed by atoms with van der Waals surface area (Å²) in [5.41, 5.74) is 7.13. The van der Waals surface area contributed by atoms with E-state index in [1.165, 1.54) is 5.56 Å². The van der Waals surface area contributed by atoms with E-state index in [4.69, 9.17) is 10.5 Å². The summed E-state index contributed by atoms with van der Waals surface area (Å²) in [6.07, 6.45) is 2.01. The van der Waals surface area contributed by atoms with Crippen LogP contribution in [0.2, 0.25) is 0 Å². The number of nitrogens with two attached hydrogens (primary N) is 1. The fourth-order valence-corrected chi connectivity index (χ4v) is 1.62. The summed E-state index contributed by atoms with van der Waals surface area (Å²) >= 11 is 0. The van der Waals surface area contributed by atoms with Crippen LogP contribution >= 0.6 is 0 Å². The van der Waals surface area contributed by atoms with Gasteiger partial charge in [-0.15, -0.1) is 0 Å². The van der Waals surface area contributed by atoms with E-state index in [-0.39, 0.29) is 6.04 Å². The minimum atomic E-state index is 0.137. The van der Waals surface area contributed by atoms with Gasteiger partial charge >= 0.3 is 0 Å². The number of hydrogen-bond donors (Lipinski definition) is 1. The van der Waals surface area contributed by atoms with Crippen molar-refractivity contribution in [3.63, 3.8) is 0 Å². The van der Waals surface area contributed by atoms with Crippen LogP contribution in [0.4, 0.5) is 0 Å². The molecular formula is C14H24N2O. The van der Waals surface area contributed by atoms with Crippen LogP contribution in [0.15, 0.2) is 24.3 Å². The van der Waals surface area contributed by atoms with Crippen molar-refractivity contribution >= 4 is 0 Å². The highest BCUT2D eigenvalue weighted by Gasteiger charge is 2.02. The van der Waals surface area contributed by atoms with Crippen molar-refractivity contribution in [3.8, 4) is 5.75 Å². The SMILES string of the molecule is CCC(N)c1ccc(OCCCN(C)C)cc1. The van der Waals surface area contributed by atoms with Gasteiger partial charge in [0.25, 0.3) is 0 Å². The fourth-order valence-electron chi connectivity index (χ4n) is 1.62. The first-order valence-corrected chi connectivity index (χ1v) is 6.26. The lowest BCUT2D eigenvalue weighted by molar-refractivity contribution is 0.281. The summed E-state index contributed by atoms with van der Waals surface area (Å²) < 4.78 is 5.66. The van der Waals surface area contributed by atoms with E-state index in [1.54, 1.807) is 0 Å². The van der Waals surface area contributed by atoms with Crippen LogP contribution in [0, 0.1) is 0 Å². The van der Waals surface area contributed by atoms with Gasteiger partial charge in [-0.05, 0) is 44.6 Å². The summed E-state index contributed by atoms with van der Waals surface area (Å²) in [5, 5.41) is 0. The van der Waals surface area contributed by atoms with Crippen LogP contribution in [0.3, 0.4) is 0 Å². The summed E-state index contributed by atoms with van der Waals surface area (Å²) in [7, 11) is 4.14. The average Bonchev–Trinajstić information content (AvgIpc) is 2.34. The van der Waals surface area contributed by atoms with E-state index in [0.717, 1.165) is 31.7 Å². The Hall–Kier alpha value is -1.06. The molecule has 96 valence electrons. The molecule has 1 atom stereocenters. The first kappa shape index (κ1) is 14.0. The van der Waals surface area contributed by atoms with Crippen LogP contribution in [0.5, 0.6) is 5.75 Å². The average molecular weight is 236 g/mol. The Balaban J connectivity index is 2.35. The number of rotatable bonds is 7. The quantitative estimate of drug-likeness (QED) is 0.739. The standard InChI is InChI=1S/C14H24N2O/c1-4-14(15)12-6-8-13(9-7-12)17-11-5-10-16(2)3/h6-9,14H,4-5,10-11,15H2,1-3H3. The van der Waals surface area contributed by atoms with Crippen molar-refractivity contribution < 1.29 is 4.74 Å². The van der Waals surface area contributed by atoms with Gasteiger partial charge in [-0.1, -0.05) is 19.1 Å². The smallest absolute Gasteiger partial charge is 0.119 e. The van der Waals surface area contributed by atoms with Gasteiger partial charge in [0.2, 0.25) is 0 Å². The summed E-state index contributed by atoms with van der Waals surface area (Å²) in [6, 6.07) is 8.24. The summed E-state index contributed by atoms with van der Waals surface area (Å²) in [6.45, 7) is 3.91. The zero-order valence-electron chi connectivity index (χ0n) is 11.1. The van der Waals surface area contributed by atoms with Crippen molar-refractivity contribution in [3.05, 3.63) is 29.8 Å². The van der Waals surface area contributed by atoms with Gasteiger partial charge in [0.1, 0.15) is 5.75 Å². The monoisotopic (exact) mass is 236 g/mol. The number of ether oxygens (including phenoxy) is 1. The zero-order chi connectivity index (χ0) is 12.7. The second kappa shape index (κ2) is 7.30. The predicted molar refractivity (Wildman–Crippen MR) is 72.3 cm³/mol. The van der Waals surface area contributed by atoms with Crippen molar-refractivity contribution in [2.45, 2.75) is 25.8 Å². The maximum Gasteiger partial charge on any atom is 0.119 e. The molecule has 1 aromatic carbocycles. The van der Waals surface area contributed by atoms with E-state index < -0.39 is 0 Å². The van der Waals surface area contributed by atoms with Crippen molar-refractivity contribution in [1.29, 1.82) is 0 Å². The zero-order valence-corrected chi connectivity index (χ0v) is 11.1. The highest BCUT2D eigenvalue weighted by molar-refractivity contribution is 5.28. The topological polar surface area (TPSA) is 38.5 Å². The molecule has 3 heteroatoms. The molecule has 1 rings (SSSR count). The molecule has 0 aliphatic carbocycles. The number of benzene rings is 1. The Morgan fingerprint density at radius 1 is 1.24 bits per heavy atom. The maximum absolute atomic E-state index is 5.95. The van der Waals surface area contributed by atoms with Crippen molar-refractivity contribution in [2.75, 3.05) is 27.2 Å². The molecule has 3 nitrogen and oxygen atoms in total. The molecular weight excluding hydrogens is 212 g/mol. The first-order valence-electron chi connectivity index (χ1n) is 6.26. The molecule has 0 bridgehead atoms. The molecule has 0 saturated carbocycles. The fraction of sp³-hybridized carbons (Fsp3) is 0.571.